The number of hydrogen-bond acceptors (Lipinski definition) is 2. The number of hydrogen-bond donors (Lipinski definition) is 0. The molecule has 6 heteroatoms. The second-order valence-electron chi connectivity index (χ2n) is 3.37. The summed E-state index contributed by atoms with van der Waals surface area (Å²) in [5, 5.41) is -0.0204. The summed E-state index contributed by atoms with van der Waals surface area (Å²) in [6.45, 7) is 0. The largest absolute Gasteiger partial charge is 0.417 e. The predicted molar refractivity (Wildman–Crippen MR) is 57.0 cm³/mol. The van der Waals surface area contributed by atoms with Crippen LogP contribution in [-0.2, 0) is 6.18 Å². The molecule has 0 N–H and O–H groups in total. The van der Waals surface area contributed by atoms with Crippen LogP contribution in [0, 0.1) is 0 Å². The lowest BCUT2D eigenvalue weighted by atomic mass is 10.2. The van der Waals surface area contributed by atoms with Gasteiger partial charge in [0.15, 0.2) is 0 Å². The Labute approximate surface area is 96.3 Å². The van der Waals surface area contributed by atoms with Gasteiger partial charge in [0.25, 0.3) is 0 Å². The highest BCUT2D eigenvalue weighted by molar-refractivity contribution is 6.31. The van der Waals surface area contributed by atoms with Crippen molar-refractivity contribution in [3.05, 3.63) is 34.7 Å². The van der Waals surface area contributed by atoms with Crippen LogP contribution in [0.2, 0.25) is 5.02 Å². The Balaban J connectivity index is 3.01. The van der Waals surface area contributed by atoms with E-state index in [2.05, 4.69) is 4.98 Å². The van der Waals surface area contributed by atoms with Crippen LogP contribution < -0.4 is 0 Å². The van der Waals surface area contributed by atoms with Gasteiger partial charge in [-0.15, -0.1) is 0 Å². The van der Waals surface area contributed by atoms with Crippen molar-refractivity contribution in [2.75, 3.05) is 14.1 Å². The highest BCUT2D eigenvalue weighted by Crippen LogP contribution is 2.31. The van der Waals surface area contributed by atoms with E-state index in [9.17, 15) is 13.2 Å². The van der Waals surface area contributed by atoms with Crippen molar-refractivity contribution in [1.82, 2.24) is 9.88 Å². The number of aromatic nitrogens is 1. The highest BCUT2D eigenvalue weighted by atomic mass is 35.5. The van der Waals surface area contributed by atoms with Gasteiger partial charge < -0.3 is 4.90 Å². The Hall–Kier alpha value is -1.23. The number of alkyl halides is 3. The molecule has 0 aliphatic heterocycles. The SMILES string of the molecule is CN(C)C=Cc1ncc(C(F)(F)F)cc1Cl. The first-order valence-electron chi connectivity index (χ1n) is 4.38. The Morgan fingerprint density at radius 3 is 2.44 bits per heavy atom. The average Bonchev–Trinajstić information content (AvgIpc) is 2.14. The first-order valence-corrected chi connectivity index (χ1v) is 4.76. The smallest absolute Gasteiger partial charge is 0.383 e. The molecular weight excluding hydrogens is 241 g/mol. The Kier molecular flexibility index (Phi) is 3.80. The lowest BCUT2D eigenvalue weighted by Gasteiger charge is -2.08. The minimum absolute atomic E-state index is 0.0204. The molecule has 0 fully saturated rings. The first kappa shape index (κ1) is 12.8. The third-order valence-corrected chi connectivity index (χ3v) is 2.03. The Morgan fingerprint density at radius 2 is 2.00 bits per heavy atom. The second-order valence-corrected chi connectivity index (χ2v) is 3.78. The molecule has 0 saturated heterocycles. The van der Waals surface area contributed by atoms with Crippen molar-refractivity contribution < 1.29 is 13.2 Å². The molecule has 0 aliphatic rings. The van der Waals surface area contributed by atoms with Gasteiger partial charge in [0.05, 0.1) is 16.3 Å². The molecule has 1 aromatic rings. The number of nitrogens with zero attached hydrogens (tertiary/aromatic N) is 2. The molecule has 2 nitrogen and oxygen atoms in total. The third-order valence-electron chi connectivity index (χ3n) is 1.73. The van der Waals surface area contributed by atoms with Gasteiger partial charge in [0.1, 0.15) is 0 Å². The van der Waals surface area contributed by atoms with E-state index in [0.717, 1.165) is 12.3 Å². The molecule has 0 saturated carbocycles. The van der Waals surface area contributed by atoms with E-state index in [-0.39, 0.29) is 5.02 Å². The van der Waals surface area contributed by atoms with Crippen LogP contribution in [0.4, 0.5) is 13.2 Å². The van der Waals surface area contributed by atoms with Crippen molar-refractivity contribution in [2.45, 2.75) is 6.18 Å². The van der Waals surface area contributed by atoms with Gasteiger partial charge in [-0.1, -0.05) is 11.6 Å². The zero-order valence-corrected chi connectivity index (χ0v) is 9.47. The molecule has 1 aromatic heterocycles. The third kappa shape index (κ3) is 3.41. The molecule has 0 radical (unpaired) electrons. The summed E-state index contributed by atoms with van der Waals surface area (Å²) >= 11 is 5.69. The van der Waals surface area contributed by atoms with Gasteiger partial charge >= 0.3 is 6.18 Å². The molecular formula is C10H10ClF3N2. The number of pyridine rings is 1. The molecule has 0 atom stereocenters. The summed E-state index contributed by atoms with van der Waals surface area (Å²) in [6, 6.07) is 0.865. The molecule has 0 bridgehead atoms. The van der Waals surface area contributed by atoms with E-state index >= 15 is 0 Å². The fourth-order valence-electron chi connectivity index (χ4n) is 0.946. The van der Waals surface area contributed by atoms with E-state index in [1.54, 1.807) is 31.3 Å². The van der Waals surface area contributed by atoms with Crippen LogP contribution in [0.1, 0.15) is 11.3 Å². The van der Waals surface area contributed by atoms with E-state index in [4.69, 9.17) is 11.6 Å². The van der Waals surface area contributed by atoms with Crippen molar-refractivity contribution in [2.24, 2.45) is 0 Å². The fraction of sp³-hybridized carbons (Fsp3) is 0.300. The lowest BCUT2D eigenvalue weighted by molar-refractivity contribution is -0.137. The fourth-order valence-corrected chi connectivity index (χ4v) is 1.18. The van der Waals surface area contributed by atoms with Gasteiger partial charge in [0.2, 0.25) is 0 Å². The molecule has 88 valence electrons. The zero-order chi connectivity index (χ0) is 12.3. The molecule has 0 spiro atoms. The maximum absolute atomic E-state index is 12.3. The average molecular weight is 251 g/mol. The maximum Gasteiger partial charge on any atom is 0.417 e. The summed E-state index contributed by atoms with van der Waals surface area (Å²) in [7, 11) is 3.57. The summed E-state index contributed by atoms with van der Waals surface area (Å²) in [5.41, 5.74) is -0.539. The van der Waals surface area contributed by atoms with Gasteiger partial charge in [-0.05, 0) is 12.1 Å². The van der Waals surface area contributed by atoms with Crippen LogP contribution in [0.25, 0.3) is 6.08 Å². The quantitative estimate of drug-likeness (QED) is 0.801. The van der Waals surface area contributed by atoms with E-state index in [1.165, 1.54) is 0 Å². The molecule has 0 aliphatic carbocycles. The maximum atomic E-state index is 12.3. The van der Waals surface area contributed by atoms with E-state index < -0.39 is 11.7 Å². The van der Waals surface area contributed by atoms with Gasteiger partial charge in [-0.25, -0.2) is 0 Å². The van der Waals surface area contributed by atoms with E-state index in [0.29, 0.717) is 5.69 Å². The summed E-state index contributed by atoms with van der Waals surface area (Å²) in [4.78, 5) is 5.38. The van der Waals surface area contributed by atoms with Gasteiger partial charge in [0, 0.05) is 26.5 Å². The number of halogens is 4. The standard InChI is InChI=1S/C10H10ClF3N2/c1-16(2)4-3-9-8(11)5-7(6-15-9)10(12,13)14/h3-6H,1-2H3. The second kappa shape index (κ2) is 4.74. The molecule has 0 aromatic carbocycles. The molecule has 0 unspecified atom stereocenters. The van der Waals surface area contributed by atoms with Crippen molar-refractivity contribution in [1.29, 1.82) is 0 Å². The highest BCUT2D eigenvalue weighted by Gasteiger charge is 2.31. The van der Waals surface area contributed by atoms with Crippen LogP contribution in [-0.4, -0.2) is 24.0 Å². The van der Waals surface area contributed by atoms with Crippen molar-refractivity contribution in [3.8, 4) is 0 Å². The summed E-state index contributed by atoms with van der Waals surface area (Å²) in [6.07, 6.45) is -0.453. The normalized spacial score (nSPS) is 12.1. The van der Waals surface area contributed by atoms with Crippen LogP contribution in [0.15, 0.2) is 18.5 Å². The van der Waals surface area contributed by atoms with Gasteiger partial charge in [-0.2, -0.15) is 13.2 Å². The summed E-state index contributed by atoms with van der Waals surface area (Å²) < 4.78 is 36.9. The van der Waals surface area contributed by atoms with Crippen LogP contribution in [0.5, 0.6) is 0 Å². The van der Waals surface area contributed by atoms with Crippen molar-refractivity contribution >= 4 is 17.7 Å². The van der Waals surface area contributed by atoms with Crippen molar-refractivity contribution in [3.63, 3.8) is 0 Å². The summed E-state index contributed by atoms with van der Waals surface area (Å²) in [5.74, 6) is 0. The van der Waals surface area contributed by atoms with Crippen LogP contribution in [0.3, 0.4) is 0 Å². The Bertz CT molecular complexity index is 400. The van der Waals surface area contributed by atoms with Crippen LogP contribution >= 0.6 is 11.6 Å². The van der Waals surface area contributed by atoms with E-state index in [1.807, 2.05) is 0 Å². The zero-order valence-electron chi connectivity index (χ0n) is 8.72. The molecule has 0 amide bonds. The molecule has 1 rings (SSSR count). The molecule has 1 heterocycles. The minimum Gasteiger partial charge on any atom is -0.383 e. The topological polar surface area (TPSA) is 16.1 Å². The van der Waals surface area contributed by atoms with Gasteiger partial charge in [-0.3, -0.25) is 4.98 Å². The monoisotopic (exact) mass is 250 g/mol. The molecule has 16 heavy (non-hydrogen) atoms. The first-order chi connectivity index (χ1) is 7.30. The predicted octanol–water partition coefficient (Wildman–Crippen LogP) is 3.29. The Morgan fingerprint density at radius 1 is 1.38 bits per heavy atom. The lowest BCUT2D eigenvalue weighted by Crippen LogP contribution is -2.06. The minimum atomic E-state index is -4.42. The number of rotatable bonds is 2.